The normalized spacial score (nSPS) is 17.8. The number of hydrogen-bond donors (Lipinski definition) is 2. The molecule has 3 amide bonds. The number of aryl methyl sites for hydroxylation is 2. The first-order valence-electron chi connectivity index (χ1n) is 8.50. The Morgan fingerprint density at radius 3 is 2.48 bits per heavy atom. The number of nitrogens with two attached hydrogens (primary N) is 1. The molecule has 1 aromatic carbocycles. The van der Waals surface area contributed by atoms with Crippen LogP contribution >= 0.6 is 0 Å². The number of carbonyl (C=O) groups is 2. The van der Waals surface area contributed by atoms with Crippen LogP contribution in [0.15, 0.2) is 18.2 Å². The lowest BCUT2D eigenvalue weighted by Crippen LogP contribution is -2.43. The highest BCUT2D eigenvalue weighted by Crippen LogP contribution is 2.25. The smallest absolute Gasteiger partial charge is 0.321 e. The molecule has 1 saturated heterocycles. The first kappa shape index (κ1) is 17.3. The molecule has 1 atom stereocenters. The Morgan fingerprint density at radius 2 is 1.91 bits per heavy atom. The number of amides is 3. The molecule has 1 aromatic rings. The molecule has 2 rings (SSSR count). The third-order valence-corrected chi connectivity index (χ3v) is 4.53. The fraction of sp³-hybridized carbons (Fsp3) is 0.556. The quantitative estimate of drug-likeness (QED) is 0.876. The van der Waals surface area contributed by atoms with E-state index in [0.29, 0.717) is 13.0 Å². The molecule has 5 nitrogen and oxygen atoms in total. The summed E-state index contributed by atoms with van der Waals surface area (Å²) in [5, 5.41) is 3.10. The van der Waals surface area contributed by atoms with E-state index in [0.717, 1.165) is 49.0 Å². The van der Waals surface area contributed by atoms with Crippen LogP contribution in [0.4, 0.5) is 10.5 Å². The first-order valence-corrected chi connectivity index (χ1v) is 8.50. The van der Waals surface area contributed by atoms with E-state index < -0.39 is 0 Å². The average Bonchev–Trinajstić information content (AvgIpc) is 2.54. The maximum atomic E-state index is 12.6. The van der Waals surface area contributed by atoms with E-state index in [2.05, 4.69) is 31.3 Å². The van der Waals surface area contributed by atoms with Gasteiger partial charge in [0.2, 0.25) is 5.91 Å². The van der Waals surface area contributed by atoms with Gasteiger partial charge in [-0.25, -0.2) is 4.79 Å². The SMILES string of the molecule is CCc1cccc(CC)c1NC(=O)N1CCCC(CC(N)=O)C1. The van der Waals surface area contributed by atoms with Crippen LogP contribution in [0, 0.1) is 5.92 Å². The van der Waals surface area contributed by atoms with Crippen LogP contribution < -0.4 is 11.1 Å². The number of nitrogens with one attached hydrogen (secondary N) is 1. The van der Waals surface area contributed by atoms with Gasteiger partial charge in [-0.05, 0) is 42.7 Å². The van der Waals surface area contributed by atoms with Crippen LogP contribution in [0.2, 0.25) is 0 Å². The number of urea groups is 1. The van der Waals surface area contributed by atoms with Crippen molar-refractivity contribution < 1.29 is 9.59 Å². The molecular formula is C18H27N3O2. The number of piperidine rings is 1. The molecule has 3 N–H and O–H groups in total. The van der Waals surface area contributed by atoms with Gasteiger partial charge in [-0.3, -0.25) is 4.79 Å². The highest BCUT2D eigenvalue weighted by molar-refractivity contribution is 5.91. The van der Waals surface area contributed by atoms with E-state index in [1.165, 1.54) is 0 Å². The molecule has 0 aliphatic carbocycles. The zero-order chi connectivity index (χ0) is 16.8. The number of likely N-dealkylation sites (tertiary alicyclic amines) is 1. The summed E-state index contributed by atoms with van der Waals surface area (Å²) >= 11 is 0. The molecular weight excluding hydrogens is 290 g/mol. The Morgan fingerprint density at radius 1 is 1.26 bits per heavy atom. The van der Waals surface area contributed by atoms with Gasteiger partial charge in [-0.15, -0.1) is 0 Å². The van der Waals surface area contributed by atoms with Gasteiger partial charge in [0.15, 0.2) is 0 Å². The summed E-state index contributed by atoms with van der Waals surface area (Å²) in [7, 11) is 0. The van der Waals surface area contributed by atoms with Gasteiger partial charge in [-0.1, -0.05) is 32.0 Å². The van der Waals surface area contributed by atoms with Crippen molar-refractivity contribution in [2.45, 2.75) is 46.0 Å². The number of nitrogens with zero attached hydrogens (tertiary/aromatic N) is 1. The van der Waals surface area contributed by atoms with Crippen molar-refractivity contribution in [3.63, 3.8) is 0 Å². The van der Waals surface area contributed by atoms with Gasteiger partial charge < -0.3 is 16.0 Å². The molecule has 1 fully saturated rings. The molecule has 23 heavy (non-hydrogen) atoms. The number of rotatable bonds is 5. The summed E-state index contributed by atoms with van der Waals surface area (Å²) in [5.74, 6) is -0.110. The number of benzene rings is 1. The van der Waals surface area contributed by atoms with Gasteiger partial charge in [0.25, 0.3) is 0 Å². The van der Waals surface area contributed by atoms with E-state index >= 15 is 0 Å². The minimum atomic E-state index is -0.290. The second-order valence-corrected chi connectivity index (χ2v) is 6.21. The molecule has 0 aromatic heterocycles. The predicted molar refractivity (Wildman–Crippen MR) is 92.3 cm³/mol. The van der Waals surface area contributed by atoms with Crippen LogP contribution in [0.25, 0.3) is 0 Å². The molecule has 1 aliphatic heterocycles. The maximum absolute atomic E-state index is 12.6. The number of para-hydroxylation sites is 1. The van der Waals surface area contributed by atoms with Crippen molar-refractivity contribution in [2.75, 3.05) is 18.4 Å². The Bertz CT molecular complexity index is 549. The molecule has 0 radical (unpaired) electrons. The molecule has 0 spiro atoms. The molecule has 0 bridgehead atoms. The lowest BCUT2D eigenvalue weighted by molar-refractivity contribution is -0.119. The topological polar surface area (TPSA) is 75.4 Å². The van der Waals surface area contributed by atoms with Gasteiger partial charge >= 0.3 is 6.03 Å². The van der Waals surface area contributed by atoms with Crippen molar-refractivity contribution in [1.29, 1.82) is 0 Å². The Balaban J connectivity index is 2.08. The van der Waals surface area contributed by atoms with Crippen molar-refractivity contribution in [3.8, 4) is 0 Å². The average molecular weight is 317 g/mol. The highest BCUT2D eigenvalue weighted by atomic mass is 16.2. The van der Waals surface area contributed by atoms with E-state index in [1.54, 1.807) is 0 Å². The minimum absolute atomic E-state index is 0.0743. The van der Waals surface area contributed by atoms with E-state index in [1.807, 2.05) is 11.0 Å². The predicted octanol–water partition coefficient (Wildman–Crippen LogP) is 2.93. The van der Waals surface area contributed by atoms with E-state index in [-0.39, 0.29) is 17.9 Å². The van der Waals surface area contributed by atoms with Crippen molar-refractivity contribution in [2.24, 2.45) is 11.7 Å². The summed E-state index contributed by atoms with van der Waals surface area (Å²) < 4.78 is 0. The number of anilines is 1. The van der Waals surface area contributed by atoms with Crippen LogP contribution in [0.1, 0.15) is 44.2 Å². The van der Waals surface area contributed by atoms with E-state index in [9.17, 15) is 9.59 Å². The Kier molecular flexibility index (Phi) is 6.02. The van der Waals surface area contributed by atoms with Crippen molar-refractivity contribution in [3.05, 3.63) is 29.3 Å². The van der Waals surface area contributed by atoms with Gasteiger partial charge in [0, 0.05) is 25.2 Å². The van der Waals surface area contributed by atoms with Crippen molar-refractivity contribution >= 4 is 17.6 Å². The molecule has 1 aliphatic rings. The molecule has 0 saturated carbocycles. The molecule has 5 heteroatoms. The summed E-state index contributed by atoms with van der Waals surface area (Å²) in [6.07, 6.45) is 4.00. The third-order valence-electron chi connectivity index (χ3n) is 4.53. The summed E-state index contributed by atoms with van der Waals surface area (Å²) in [4.78, 5) is 25.5. The lowest BCUT2D eigenvalue weighted by atomic mass is 9.95. The molecule has 1 unspecified atom stereocenters. The molecule has 126 valence electrons. The largest absolute Gasteiger partial charge is 0.370 e. The lowest BCUT2D eigenvalue weighted by Gasteiger charge is -2.32. The first-order chi connectivity index (χ1) is 11.0. The van der Waals surface area contributed by atoms with Crippen LogP contribution in [0.3, 0.4) is 0 Å². The van der Waals surface area contributed by atoms with Crippen molar-refractivity contribution in [1.82, 2.24) is 4.90 Å². The second kappa shape index (κ2) is 7.99. The number of hydrogen-bond acceptors (Lipinski definition) is 2. The summed E-state index contributed by atoms with van der Waals surface area (Å²) in [6.45, 7) is 5.52. The summed E-state index contributed by atoms with van der Waals surface area (Å²) in [6, 6.07) is 6.08. The Labute approximate surface area is 138 Å². The van der Waals surface area contributed by atoms with Crippen LogP contribution in [0.5, 0.6) is 0 Å². The van der Waals surface area contributed by atoms with Gasteiger partial charge in [-0.2, -0.15) is 0 Å². The molecule has 1 heterocycles. The maximum Gasteiger partial charge on any atom is 0.321 e. The van der Waals surface area contributed by atoms with Gasteiger partial charge in [0.05, 0.1) is 0 Å². The zero-order valence-corrected chi connectivity index (χ0v) is 14.1. The number of carbonyl (C=O) groups excluding carboxylic acids is 2. The monoisotopic (exact) mass is 317 g/mol. The Hall–Kier alpha value is -2.04. The standard InChI is InChI=1S/C18H27N3O2/c1-3-14-8-5-9-15(4-2)17(14)20-18(23)21-10-6-7-13(12-21)11-16(19)22/h5,8-9,13H,3-4,6-7,10-12H2,1-2H3,(H2,19,22)(H,20,23). The second-order valence-electron chi connectivity index (χ2n) is 6.21. The fourth-order valence-electron chi connectivity index (χ4n) is 3.29. The summed E-state index contributed by atoms with van der Waals surface area (Å²) in [5.41, 5.74) is 8.54. The van der Waals surface area contributed by atoms with Gasteiger partial charge in [0.1, 0.15) is 0 Å². The van der Waals surface area contributed by atoms with E-state index in [4.69, 9.17) is 5.73 Å². The number of primary amides is 1. The highest BCUT2D eigenvalue weighted by Gasteiger charge is 2.25. The van der Waals surface area contributed by atoms with Crippen LogP contribution in [-0.2, 0) is 17.6 Å². The third kappa shape index (κ3) is 4.47. The fourth-order valence-corrected chi connectivity index (χ4v) is 3.29. The zero-order valence-electron chi connectivity index (χ0n) is 14.1. The van der Waals surface area contributed by atoms with Crippen LogP contribution in [-0.4, -0.2) is 29.9 Å². The minimum Gasteiger partial charge on any atom is -0.370 e.